The second kappa shape index (κ2) is 5.63. The van der Waals surface area contributed by atoms with Gasteiger partial charge in [-0.05, 0) is 37.3 Å². The summed E-state index contributed by atoms with van der Waals surface area (Å²) in [7, 11) is 0. The molecule has 1 fully saturated rings. The molecule has 0 spiro atoms. The molecule has 3 N–H and O–H groups in total. The molecule has 2 amide bonds. The number of hydrogen-bond acceptors (Lipinski definition) is 3. The van der Waals surface area contributed by atoms with Crippen LogP contribution in [0.1, 0.15) is 39.4 Å². The largest absolute Gasteiger partial charge is 0.364 e. The van der Waals surface area contributed by atoms with Crippen LogP contribution in [0.15, 0.2) is 30.3 Å². The van der Waals surface area contributed by atoms with Gasteiger partial charge in [-0.1, -0.05) is 18.2 Å². The van der Waals surface area contributed by atoms with E-state index in [1.54, 1.807) is 0 Å². The number of nitrogens with two attached hydrogens (primary N) is 1. The standard InChI is InChI=1S/C16H18N4O2/c1-10-4-2-3-5-13(10)20-14(15(17)21)8-12(19-20)16(22)18-9-11-6-7-11/h2-5,8,11H,6-7,9H2,1H3,(H2,17,21)(H,18,22). The molecular weight excluding hydrogens is 280 g/mol. The van der Waals surface area contributed by atoms with Gasteiger partial charge in [0.05, 0.1) is 5.69 Å². The lowest BCUT2D eigenvalue weighted by atomic mass is 10.2. The molecule has 1 aromatic heterocycles. The maximum absolute atomic E-state index is 12.1. The highest BCUT2D eigenvalue weighted by Gasteiger charge is 2.24. The predicted molar refractivity (Wildman–Crippen MR) is 81.9 cm³/mol. The Kier molecular flexibility index (Phi) is 3.66. The summed E-state index contributed by atoms with van der Waals surface area (Å²) in [6.07, 6.45) is 2.31. The molecule has 1 aromatic carbocycles. The van der Waals surface area contributed by atoms with Gasteiger partial charge >= 0.3 is 0 Å². The number of primary amides is 1. The Hall–Kier alpha value is -2.63. The Morgan fingerprint density at radius 2 is 2.09 bits per heavy atom. The van der Waals surface area contributed by atoms with Gasteiger partial charge in [-0.3, -0.25) is 9.59 Å². The average molecular weight is 298 g/mol. The van der Waals surface area contributed by atoms with Crippen molar-refractivity contribution in [3.63, 3.8) is 0 Å². The van der Waals surface area contributed by atoms with E-state index in [0.717, 1.165) is 24.1 Å². The van der Waals surface area contributed by atoms with Crippen molar-refractivity contribution in [3.05, 3.63) is 47.3 Å². The normalized spacial score (nSPS) is 13.9. The van der Waals surface area contributed by atoms with Crippen LogP contribution in [0.4, 0.5) is 0 Å². The van der Waals surface area contributed by atoms with Crippen LogP contribution in [0.25, 0.3) is 5.69 Å². The number of nitrogens with one attached hydrogen (secondary N) is 1. The lowest BCUT2D eigenvalue weighted by Crippen LogP contribution is -2.26. The summed E-state index contributed by atoms with van der Waals surface area (Å²) in [6.45, 7) is 2.57. The van der Waals surface area contributed by atoms with Crippen molar-refractivity contribution in [2.24, 2.45) is 11.7 Å². The SMILES string of the molecule is Cc1ccccc1-n1nc(C(=O)NCC2CC2)cc1C(N)=O. The number of rotatable bonds is 5. The molecule has 6 nitrogen and oxygen atoms in total. The van der Waals surface area contributed by atoms with E-state index in [4.69, 9.17) is 5.73 Å². The predicted octanol–water partition coefficient (Wildman–Crippen LogP) is 1.42. The van der Waals surface area contributed by atoms with Crippen molar-refractivity contribution in [1.82, 2.24) is 15.1 Å². The quantitative estimate of drug-likeness (QED) is 0.874. The minimum atomic E-state index is -0.614. The van der Waals surface area contributed by atoms with Gasteiger partial charge in [0.1, 0.15) is 5.69 Å². The summed E-state index contributed by atoms with van der Waals surface area (Å²) in [4.78, 5) is 23.8. The first-order valence-corrected chi connectivity index (χ1v) is 7.30. The van der Waals surface area contributed by atoms with Crippen LogP contribution in [-0.2, 0) is 0 Å². The molecule has 2 aromatic rings. The van der Waals surface area contributed by atoms with Crippen molar-refractivity contribution < 1.29 is 9.59 Å². The van der Waals surface area contributed by atoms with Gasteiger partial charge in [0.15, 0.2) is 5.69 Å². The summed E-state index contributed by atoms with van der Waals surface area (Å²) in [5, 5.41) is 7.10. The summed E-state index contributed by atoms with van der Waals surface area (Å²) in [5.74, 6) is -0.309. The zero-order valence-corrected chi connectivity index (χ0v) is 12.4. The van der Waals surface area contributed by atoms with Crippen molar-refractivity contribution in [2.75, 3.05) is 6.54 Å². The second-order valence-electron chi connectivity index (χ2n) is 5.63. The van der Waals surface area contributed by atoms with E-state index in [1.807, 2.05) is 31.2 Å². The number of aromatic nitrogens is 2. The van der Waals surface area contributed by atoms with E-state index in [0.29, 0.717) is 12.5 Å². The van der Waals surface area contributed by atoms with Crippen molar-refractivity contribution in [3.8, 4) is 5.69 Å². The molecule has 0 radical (unpaired) electrons. The third kappa shape index (κ3) is 2.86. The van der Waals surface area contributed by atoms with Crippen LogP contribution in [0.5, 0.6) is 0 Å². The molecule has 0 atom stereocenters. The molecule has 3 rings (SSSR count). The van der Waals surface area contributed by atoms with E-state index < -0.39 is 5.91 Å². The van der Waals surface area contributed by atoms with Gasteiger partial charge < -0.3 is 11.1 Å². The molecule has 0 aliphatic heterocycles. The van der Waals surface area contributed by atoms with E-state index in [9.17, 15) is 9.59 Å². The Bertz CT molecular complexity index is 731. The van der Waals surface area contributed by atoms with Gasteiger partial charge in [-0.25, -0.2) is 4.68 Å². The van der Waals surface area contributed by atoms with E-state index in [1.165, 1.54) is 10.7 Å². The molecule has 0 unspecified atom stereocenters. The van der Waals surface area contributed by atoms with Crippen LogP contribution in [0.2, 0.25) is 0 Å². The van der Waals surface area contributed by atoms with Crippen LogP contribution < -0.4 is 11.1 Å². The molecular formula is C16H18N4O2. The van der Waals surface area contributed by atoms with E-state index in [2.05, 4.69) is 10.4 Å². The summed E-state index contributed by atoms with van der Waals surface area (Å²) in [6, 6.07) is 8.93. The topological polar surface area (TPSA) is 90.0 Å². The first-order valence-electron chi connectivity index (χ1n) is 7.30. The summed E-state index contributed by atoms with van der Waals surface area (Å²) < 4.78 is 1.43. The van der Waals surface area contributed by atoms with Crippen molar-refractivity contribution in [2.45, 2.75) is 19.8 Å². The number of amides is 2. The highest BCUT2D eigenvalue weighted by molar-refractivity contribution is 5.97. The fourth-order valence-electron chi connectivity index (χ4n) is 2.30. The lowest BCUT2D eigenvalue weighted by Gasteiger charge is -2.07. The maximum Gasteiger partial charge on any atom is 0.271 e. The summed E-state index contributed by atoms with van der Waals surface area (Å²) >= 11 is 0. The molecule has 0 saturated heterocycles. The zero-order chi connectivity index (χ0) is 15.7. The zero-order valence-electron chi connectivity index (χ0n) is 12.4. The molecule has 114 valence electrons. The molecule has 1 aliphatic rings. The van der Waals surface area contributed by atoms with Crippen LogP contribution >= 0.6 is 0 Å². The molecule has 0 bridgehead atoms. The number of hydrogen-bond donors (Lipinski definition) is 2. The highest BCUT2D eigenvalue weighted by atomic mass is 16.2. The minimum Gasteiger partial charge on any atom is -0.364 e. The Morgan fingerprint density at radius 3 is 2.73 bits per heavy atom. The average Bonchev–Trinajstić information content (AvgIpc) is 3.21. The number of carbonyl (C=O) groups is 2. The van der Waals surface area contributed by atoms with Crippen molar-refractivity contribution in [1.29, 1.82) is 0 Å². The Balaban J connectivity index is 1.93. The van der Waals surface area contributed by atoms with E-state index >= 15 is 0 Å². The van der Waals surface area contributed by atoms with Crippen molar-refractivity contribution >= 4 is 11.8 Å². The van der Waals surface area contributed by atoms with Crippen LogP contribution in [0.3, 0.4) is 0 Å². The Labute approximate surface area is 128 Å². The third-order valence-electron chi connectivity index (χ3n) is 3.79. The van der Waals surface area contributed by atoms with Gasteiger partial charge in [-0.2, -0.15) is 5.10 Å². The highest BCUT2D eigenvalue weighted by Crippen LogP contribution is 2.27. The molecule has 6 heteroatoms. The maximum atomic E-state index is 12.1. The van der Waals surface area contributed by atoms with Gasteiger partial charge in [0, 0.05) is 12.6 Å². The molecule has 1 heterocycles. The second-order valence-corrected chi connectivity index (χ2v) is 5.63. The first-order chi connectivity index (χ1) is 10.6. The van der Waals surface area contributed by atoms with Gasteiger partial charge in [-0.15, -0.1) is 0 Å². The van der Waals surface area contributed by atoms with E-state index in [-0.39, 0.29) is 17.3 Å². The monoisotopic (exact) mass is 298 g/mol. The fourth-order valence-corrected chi connectivity index (χ4v) is 2.30. The number of para-hydroxylation sites is 1. The molecule has 1 saturated carbocycles. The summed E-state index contributed by atoms with van der Waals surface area (Å²) in [5.41, 5.74) is 7.50. The molecule has 1 aliphatic carbocycles. The van der Waals surface area contributed by atoms with Crippen LogP contribution in [0, 0.1) is 12.8 Å². The number of benzene rings is 1. The number of aryl methyl sites for hydroxylation is 1. The van der Waals surface area contributed by atoms with Gasteiger partial charge in [0.25, 0.3) is 11.8 Å². The smallest absolute Gasteiger partial charge is 0.271 e. The number of nitrogens with zero attached hydrogens (tertiary/aromatic N) is 2. The number of carbonyl (C=O) groups excluding carboxylic acids is 2. The minimum absolute atomic E-state index is 0.200. The third-order valence-corrected chi connectivity index (χ3v) is 3.79. The van der Waals surface area contributed by atoms with Gasteiger partial charge in [0.2, 0.25) is 0 Å². The lowest BCUT2D eigenvalue weighted by molar-refractivity contribution is 0.0945. The Morgan fingerprint density at radius 1 is 1.36 bits per heavy atom. The molecule has 22 heavy (non-hydrogen) atoms. The first kappa shape index (κ1) is 14.3. The fraction of sp³-hybridized carbons (Fsp3) is 0.312. The van der Waals surface area contributed by atoms with Crippen LogP contribution in [-0.4, -0.2) is 28.1 Å².